The van der Waals surface area contributed by atoms with E-state index in [0.29, 0.717) is 16.8 Å². The molecule has 0 radical (unpaired) electrons. The van der Waals surface area contributed by atoms with Crippen molar-refractivity contribution in [2.24, 2.45) is 0 Å². The predicted octanol–water partition coefficient (Wildman–Crippen LogP) is 1.89. The molecule has 2 aromatic rings. The largest absolute Gasteiger partial charge is 0.508 e. The lowest BCUT2D eigenvalue weighted by molar-refractivity contribution is -0.122. The van der Waals surface area contributed by atoms with Crippen LogP contribution in [0.25, 0.3) is 0 Å². The molecule has 3 amide bonds. The van der Waals surface area contributed by atoms with Gasteiger partial charge in [-0.25, -0.2) is 0 Å². The zero-order valence-electron chi connectivity index (χ0n) is 15.9. The van der Waals surface area contributed by atoms with Crippen LogP contribution in [0.5, 0.6) is 5.75 Å². The third kappa shape index (κ3) is 6.66. The summed E-state index contributed by atoms with van der Waals surface area (Å²) in [7, 11) is 0. The first-order valence-electron chi connectivity index (χ1n) is 9.00. The van der Waals surface area contributed by atoms with Crippen LogP contribution in [0.3, 0.4) is 0 Å². The highest BCUT2D eigenvalue weighted by Crippen LogP contribution is 2.19. The summed E-state index contributed by atoms with van der Waals surface area (Å²) >= 11 is 0. The Labute approximate surface area is 168 Å². The molecule has 8 nitrogen and oxygen atoms in total. The second-order valence-electron chi connectivity index (χ2n) is 6.31. The molecule has 1 atom stereocenters. The van der Waals surface area contributed by atoms with E-state index in [9.17, 15) is 19.5 Å². The number of amides is 3. The summed E-state index contributed by atoms with van der Waals surface area (Å²) in [4.78, 5) is 36.0. The molecule has 2 rings (SSSR count). The number of benzene rings is 2. The van der Waals surface area contributed by atoms with E-state index in [1.165, 1.54) is 19.1 Å². The molecule has 0 aromatic heterocycles. The molecule has 8 heteroatoms. The summed E-state index contributed by atoms with van der Waals surface area (Å²) in [5.41, 5.74) is 1.58. The fourth-order valence-electron chi connectivity index (χ4n) is 2.64. The Balaban J connectivity index is 2.06. The van der Waals surface area contributed by atoms with Gasteiger partial charge in [-0.2, -0.15) is 5.26 Å². The van der Waals surface area contributed by atoms with Gasteiger partial charge in [-0.05, 0) is 42.0 Å². The van der Waals surface area contributed by atoms with Gasteiger partial charge in [0.1, 0.15) is 5.75 Å². The van der Waals surface area contributed by atoms with Gasteiger partial charge >= 0.3 is 0 Å². The van der Waals surface area contributed by atoms with Gasteiger partial charge in [0.05, 0.1) is 18.4 Å². The van der Waals surface area contributed by atoms with Crippen LogP contribution in [-0.2, 0) is 9.59 Å². The highest BCUT2D eigenvalue weighted by molar-refractivity contribution is 5.96. The van der Waals surface area contributed by atoms with E-state index in [1.54, 1.807) is 36.4 Å². The Kier molecular flexibility index (Phi) is 7.74. The van der Waals surface area contributed by atoms with Gasteiger partial charge in [0.25, 0.3) is 5.91 Å². The number of carbonyl (C=O) groups is 3. The van der Waals surface area contributed by atoms with Crippen LogP contribution in [-0.4, -0.2) is 35.9 Å². The number of rotatable bonds is 8. The number of phenols is 1. The Bertz CT molecular complexity index is 902. The summed E-state index contributed by atoms with van der Waals surface area (Å²) in [5, 5.41) is 26.1. The molecule has 0 aliphatic heterocycles. The molecule has 0 bridgehead atoms. The number of hydrogen-bond acceptors (Lipinski definition) is 5. The fraction of sp³-hybridized carbons (Fsp3) is 0.238. The van der Waals surface area contributed by atoms with Gasteiger partial charge in [0.2, 0.25) is 11.8 Å². The first-order valence-corrected chi connectivity index (χ1v) is 9.00. The maximum absolute atomic E-state index is 12.5. The van der Waals surface area contributed by atoms with Gasteiger partial charge in [-0.3, -0.25) is 14.4 Å². The zero-order chi connectivity index (χ0) is 21.2. The van der Waals surface area contributed by atoms with Crippen molar-refractivity contribution in [3.05, 3.63) is 59.7 Å². The second kappa shape index (κ2) is 10.5. The minimum atomic E-state index is -0.683. The first kappa shape index (κ1) is 21.4. The Morgan fingerprint density at radius 1 is 1.03 bits per heavy atom. The number of carbonyl (C=O) groups excluding carboxylic acids is 3. The van der Waals surface area contributed by atoms with Crippen molar-refractivity contribution in [1.82, 2.24) is 10.6 Å². The van der Waals surface area contributed by atoms with Gasteiger partial charge in [-0.15, -0.1) is 0 Å². The van der Waals surface area contributed by atoms with E-state index in [4.69, 9.17) is 5.26 Å². The van der Waals surface area contributed by atoms with E-state index in [0.717, 1.165) is 0 Å². The highest BCUT2D eigenvalue weighted by Gasteiger charge is 2.21. The Morgan fingerprint density at radius 2 is 1.69 bits per heavy atom. The summed E-state index contributed by atoms with van der Waals surface area (Å²) in [6.45, 7) is 1.64. The van der Waals surface area contributed by atoms with Gasteiger partial charge < -0.3 is 21.1 Å². The van der Waals surface area contributed by atoms with E-state index >= 15 is 0 Å². The molecular weight excluding hydrogens is 372 g/mol. The SMILES string of the molecule is CC(=O)Nc1ccc(C(=O)NCC(C(=O)NCCC#N)c2ccc(O)cc2)cc1. The van der Waals surface area contributed by atoms with Crippen LogP contribution >= 0.6 is 0 Å². The smallest absolute Gasteiger partial charge is 0.251 e. The third-order valence-electron chi connectivity index (χ3n) is 4.08. The fourth-order valence-corrected chi connectivity index (χ4v) is 2.64. The zero-order valence-corrected chi connectivity index (χ0v) is 15.9. The molecule has 0 fully saturated rings. The number of nitrogens with one attached hydrogen (secondary N) is 3. The van der Waals surface area contributed by atoms with E-state index in [1.807, 2.05) is 6.07 Å². The average molecular weight is 394 g/mol. The molecule has 0 aliphatic rings. The maximum Gasteiger partial charge on any atom is 0.251 e. The number of anilines is 1. The molecule has 29 heavy (non-hydrogen) atoms. The van der Waals surface area contributed by atoms with E-state index < -0.39 is 5.92 Å². The highest BCUT2D eigenvalue weighted by atomic mass is 16.3. The molecule has 0 saturated heterocycles. The van der Waals surface area contributed by atoms with Crippen molar-refractivity contribution in [2.75, 3.05) is 18.4 Å². The van der Waals surface area contributed by atoms with Crippen LogP contribution in [0, 0.1) is 11.3 Å². The van der Waals surface area contributed by atoms with Crippen LogP contribution in [0.2, 0.25) is 0 Å². The van der Waals surface area contributed by atoms with Crippen molar-refractivity contribution in [2.45, 2.75) is 19.3 Å². The first-order chi connectivity index (χ1) is 13.9. The minimum Gasteiger partial charge on any atom is -0.508 e. The van der Waals surface area contributed by atoms with Crippen molar-refractivity contribution in [3.63, 3.8) is 0 Å². The quantitative estimate of drug-likeness (QED) is 0.508. The summed E-state index contributed by atoms with van der Waals surface area (Å²) < 4.78 is 0. The standard InChI is InChI=1S/C21H22N4O4/c1-14(26)25-17-7-3-16(4-8-17)20(28)24-13-19(21(29)23-12-2-11-22)15-5-9-18(27)10-6-15/h3-10,19,27H,2,12-13H2,1H3,(H,23,29)(H,24,28)(H,25,26). The molecule has 0 heterocycles. The van der Waals surface area contributed by atoms with Gasteiger partial charge in [-0.1, -0.05) is 12.1 Å². The summed E-state index contributed by atoms with van der Waals surface area (Å²) in [5.74, 6) is -1.51. The monoisotopic (exact) mass is 394 g/mol. The van der Waals surface area contributed by atoms with E-state index in [2.05, 4.69) is 16.0 Å². The lowest BCUT2D eigenvalue weighted by atomic mass is 9.97. The number of aromatic hydroxyl groups is 1. The van der Waals surface area contributed by atoms with Crippen LogP contribution in [0.15, 0.2) is 48.5 Å². The predicted molar refractivity (Wildman–Crippen MR) is 107 cm³/mol. The lowest BCUT2D eigenvalue weighted by Crippen LogP contribution is -2.37. The number of nitrogens with zero attached hydrogens (tertiary/aromatic N) is 1. The molecule has 0 aliphatic carbocycles. The molecule has 1 unspecified atom stereocenters. The Morgan fingerprint density at radius 3 is 2.28 bits per heavy atom. The Hall–Kier alpha value is -3.86. The lowest BCUT2D eigenvalue weighted by Gasteiger charge is -2.18. The van der Waals surface area contributed by atoms with Crippen LogP contribution in [0.4, 0.5) is 5.69 Å². The molecule has 0 spiro atoms. The average Bonchev–Trinajstić information content (AvgIpc) is 2.69. The van der Waals surface area contributed by atoms with Crippen molar-refractivity contribution < 1.29 is 19.5 Å². The summed E-state index contributed by atoms with van der Waals surface area (Å²) in [6, 6.07) is 14.5. The second-order valence-corrected chi connectivity index (χ2v) is 6.31. The molecule has 0 saturated carbocycles. The molecule has 2 aromatic carbocycles. The van der Waals surface area contributed by atoms with Crippen LogP contribution < -0.4 is 16.0 Å². The van der Waals surface area contributed by atoms with Gasteiger partial charge in [0, 0.05) is 31.3 Å². The summed E-state index contributed by atoms with van der Waals surface area (Å²) in [6.07, 6.45) is 0.182. The van der Waals surface area contributed by atoms with E-state index in [-0.39, 0.29) is 43.0 Å². The minimum absolute atomic E-state index is 0.0371. The number of hydrogen-bond donors (Lipinski definition) is 4. The number of nitriles is 1. The molecular formula is C21H22N4O4. The molecule has 150 valence electrons. The van der Waals surface area contributed by atoms with Gasteiger partial charge in [0.15, 0.2) is 0 Å². The number of phenolic OH excluding ortho intramolecular Hbond substituents is 1. The normalized spacial score (nSPS) is 11.0. The van der Waals surface area contributed by atoms with Crippen molar-refractivity contribution in [3.8, 4) is 11.8 Å². The maximum atomic E-state index is 12.5. The van der Waals surface area contributed by atoms with Crippen molar-refractivity contribution in [1.29, 1.82) is 5.26 Å². The van der Waals surface area contributed by atoms with Crippen LogP contribution in [0.1, 0.15) is 35.2 Å². The topological polar surface area (TPSA) is 131 Å². The van der Waals surface area contributed by atoms with Crippen molar-refractivity contribution >= 4 is 23.4 Å². The molecule has 4 N–H and O–H groups in total. The third-order valence-corrected chi connectivity index (χ3v) is 4.08.